The van der Waals surface area contributed by atoms with Crippen molar-refractivity contribution in [1.82, 2.24) is 10.1 Å². The first-order valence-corrected chi connectivity index (χ1v) is 7.63. The van der Waals surface area contributed by atoms with E-state index >= 15 is 0 Å². The molecule has 2 heterocycles. The number of hydrogen-bond acceptors (Lipinski definition) is 5. The van der Waals surface area contributed by atoms with E-state index in [0.29, 0.717) is 35.1 Å². The molecule has 0 saturated carbocycles. The average Bonchev–Trinajstić information content (AvgIpc) is 2.94. The van der Waals surface area contributed by atoms with Gasteiger partial charge in [-0.3, -0.25) is 4.79 Å². The van der Waals surface area contributed by atoms with E-state index in [-0.39, 0.29) is 18.4 Å². The normalized spacial score (nSPS) is 17.7. The van der Waals surface area contributed by atoms with Crippen molar-refractivity contribution in [2.24, 2.45) is 0 Å². The molecular weight excluding hydrogens is 320 g/mol. The first kappa shape index (κ1) is 16.0. The lowest BCUT2D eigenvalue weighted by molar-refractivity contribution is -0.155. The minimum Gasteiger partial charge on any atom is -0.388 e. The van der Waals surface area contributed by atoms with Crippen molar-refractivity contribution in [1.29, 1.82) is 0 Å². The smallest absolute Gasteiger partial charge is 0.258 e. The van der Waals surface area contributed by atoms with Gasteiger partial charge in [0.2, 0.25) is 0 Å². The molecule has 1 amide bonds. The van der Waals surface area contributed by atoms with Gasteiger partial charge in [0.1, 0.15) is 6.61 Å². The maximum Gasteiger partial charge on any atom is 0.258 e. The summed E-state index contributed by atoms with van der Waals surface area (Å²) in [6, 6.07) is 8.25. The Labute approximate surface area is 138 Å². The lowest BCUT2D eigenvalue weighted by Gasteiger charge is -2.41. The van der Waals surface area contributed by atoms with Gasteiger partial charge < -0.3 is 19.6 Å². The van der Waals surface area contributed by atoms with Crippen molar-refractivity contribution in [2.45, 2.75) is 25.0 Å². The van der Waals surface area contributed by atoms with Crippen molar-refractivity contribution in [3.8, 4) is 0 Å². The number of hydrogen-bond donors (Lipinski definition) is 2. The first-order chi connectivity index (χ1) is 10.9. The van der Waals surface area contributed by atoms with Gasteiger partial charge >= 0.3 is 0 Å². The topological polar surface area (TPSA) is 86.8 Å². The van der Waals surface area contributed by atoms with Crippen molar-refractivity contribution < 1.29 is 19.5 Å². The molecule has 1 saturated heterocycles. The van der Waals surface area contributed by atoms with Crippen LogP contribution in [0.2, 0.25) is 5.02 Å². The number of amides is 1. The summed E-state index contributed by atoms with van der Waals surface area (Å²) in [5, 5.41) is 24.0. The Morgan fingerprint density at radius 3 is 2.65 bits per heavy atom. The molecule has 23 heavy (non-hydrogen) atoms. The molecule has 0 spiro atoms. The Hall–Kier alpha value is -1.89. The fraction of sp³-hybridized carbons (Fsp3) is 0.375. The van der Waals surface area contributed by atoms with Crippen LogP contribution in [0.15, 0.2) is 34.9 Å². The van der Waals surface area contributed by atoms with Crippen molar-refractivity contribution >= 4 is 17.5 Å². The van der Waals surface area contributed by atoms with Crippen molar-refractivity contribution in [2.75, 3.05) is 13.1 Å². The fourth-order valence-electron chi connectivity index (χ4n) is 2.63. The number of carbonyl (C=O) groups is 1. The third-order valence-electron chi connectivity index (χ3n) is 4.14. The summed E-state index contributed by atoms with van der Waals surface area (Å²) in [7, 11) is 0. The predicted molar refractivity (Wildman–Crippen MR) is 82.8 cm³/mol. The molecule has 1 unspecified atom stereocenters. The number of likely N-dealkylation sites (tertiary alicyclic amines) is 1. The monoisotopic (exact) mass is 336 g/mol. The van der Waals surface area contributed by atoms with E-state index in [4.69, 9.17) is 21.2 Å². The van der Waals surface area contributed by atoms with Crippen LogP contribution in [0.1, 0.15) is 29.9 Å². The van der Waals surface area contributed by atoms with Gasteiger partial charge in [-0.05, 0) is 24.6 Å². The maximum atomic E-state index is 12.5. The molecule has 0 aliphatic carbocycles. The average molecular weight is 337 g/mol. The lowest BCUT2D eigenvalue weighted by Crippen LogP contribution is -2.55. The Morgan fingerprint density at radius 2 is 2.09 bits per heavy atom. The van der Waals surface area contributed by atoms with Gasteiger partial charge in [0.15, 0.2) is 11.4 Å². The molecule has 1 aromatic heterocycles. The molecule has 1 aromatic carbocycles. The molecule has 1 fully saturated rings. The number of carbonyl (C=O) groups excluding carboxylic acids is 1. The minimum absolute atomic E-state index is 0.0593. The van der Waals surface area contributed by atoms with Crippen molar-refractivity contribution in [3.63, 3.8) is 0 Å². The van der Waals surface area contributed by atoms with Crippen molar-refractivity contribution in [3.05, 3.63) is 52.4 Å². The second kappa shape index (κ2) is 5.96. The van der Waals surface area contributed by atoms with Gasteiger partial charge in [-0.25, -0.2) is 0 Å². The van der Waals surface area contributed by atoms with Gasteiger partial charge in [0, 0.05) is 30.1 Å². The zero-order valence-corrected chi connectivity index (χ0v) is 13.3. The number of nitrogens with zero attached hydrogens (tertiary/aromatic N) is 2. The van der Waals surface area contributed by atoms with E-state index in [1.165, 1.54) is 6.92 Å². The first-order valence-electron chi connectivity index (χ1n) is 7.26. The van der Waals surface area contributed by atoms with Crippen LogP contribution in [0.5, 0.6) is 0 Å². The summed E-state index contributed by atoms with van der Waals surface area (Å²) in [5.74, 6) is 0.101. The highest BCUT2D eigenvalue weighted by Gasteiger charge is 2.42. The van der Waals surface area contributed by atoms with Crippen LogP contribution < -0.4 is 0 Å². The highest BCUT2D eigenvalue weighted by atomic mass is 35.5. The van der Waals surface area contributed by atoms with Gasteiger partial charge in [0.25, 0.3) is 5.91 Å². The van der Waals surface area contributed by atoms with E-state index in [1.807, 2.05) is 0 Å². The predicted octanol–water partition coefficient (Wildman–Crippen LogP) is 1.65. The van der Waals surface area contributed by atoms with Gasteiger partial charge in [-0.15, -0.1) is 0 Å². The largest absolute Gasteiger partial charge is 0.388 e. The molecule has 1 atom stereocenters. The summed E-state index contributed by atoms with van der Waals surface area (Å²) >= 11 is 5.83. The van der Waals surface area contributed by atoms with Crippen LogP contribution in [-0.2, 0) is 17.0 Å². The van der Waals surface area contributed by atoms with Gasteiger partial charge in [-0.2, -0.15) is 0 Å². The molecule has 0 bridgehead atoms. The van der Waals surface area contributed by atoms with Crippen LogP contribution in [0.25, 0.3) is 0 Å². The lowest BCUT2D eigenvalue weighted by atomic mass is 9.89. The van der Waals surface area contributed by atoms with E-state index < -0.39 is 5.60 Å². The Balaban J connectivity index is 1.66. The molecule has 122 valence electrons. The summed E-state index contributed by atoms with van der Waals surface area (Å²) in [4.78, 5) is 14.1. The minimum atomic E-state index is -1.60. The number of rotatable bonds is 4. The van der Waals surface area contributed by atoms with Crippen LogP contribution >= 0.6 is 11.6 Å². The van der Waals surface area contributed by atoms with Crippen LogP contribution in [0.3, 0.4) is 0 Å². The maximum absolute atomic E-state index is 12.5. The van der Waals surface area contributed by atoms with Crippen LogP contribution in [0, 0.1) is 0 Å². The highest BCUT2D eigenvalue weighted by Crippen LogP contribution is 2.32. The zero-order chi connectivity index (χ0) is 16.6. The molecule has 1 aliphatic rings. The molecule has 0 radical (unpaired) electrons. The number of aliphatic hydroxyl groups excluding tert-OH is 1. The molecule has 2 aromatic rings. The second-order valence-corrected chi connectivity index (χ2v) is 6.30. The summed E-state index contributed by atoms with van der Waals surface area (Å²) in [6.07, 6.45) is 0. The summed E-state index contributed by atoms with van der Waals surface area (Å²) in [5.41, 5.74) is -0.390. The summed E-state index contributed by atoms with van der Waals surface area (Å²) in [6.45, 7) is 2.19. The second-order valence-electron chi connectivity index (χ2n) is 5.86. The van der Waals surface area contributed by atoms with Crippen LogP contribution in [0.4, 0.5) is 0 Å². The van der Waals surface area contributed by atoms with E-state index in [2.05, 4.69) is 5.16 Å². The third kappa shape index (κ3) is 2.97. The van der Waals surface area contributed by atoms with Crippen LogP contribution in [-0.4, -0.2) is 39.3 Å². The molecular formula is C16H17ClN2O4. The Morgan fingerprint density at radius 1 is 1.43 bits per heavy atom. The number of aliphatic hydroxyl groups is 2. The quantitative estimate of drug-likeness (QED) is 0.886. The molecule has 7 heteroatoms. The standard InChI is InChI=1S/C16H17ClN2O4/c1-16(22,11-2-4-12(17)5-3-11)15(21)19-7-10(8-19)14-6-13(9-20)23-18-14/h2-6,10,20,22H,7-9H2,1H3. The molecule has 3 rings (SSSR count). The zero-order valence-electron chi connectivity index (χ0n) is 12.6. The summed E-state index contributed by atoms with van der Waals surface area (Å²) < 4.78 is 4.95. The molecule has 2 N–H and O–H groups in total. The Bertz CT molecular complexity index is 705. The molecule has 6 nitrogen and oxygen atoms in total. The van der Waals surface area contributed by atoms with E-state index in [0.717, 1.165) is 0 Å². The third-order valence-corrected chi connectivity index (χ3v) is 4.39. The fourth-order valence-corrected chi connectivity index (χ4v) is 2.76. The number of benzene rings is 1. The van der Waals surface area contributed by atoms with Gasteiger partial charge in [-0.1, -0.05) is 28.9 Å². The number of halogens is 1. The van der Waals surface area contributed by atoms with Gasteiger partial charge in [0.05, 0.1) is 5.69 Å². The number of aromatic nitrogens is 1. The highest BCUT2D eigenvalue weighted by molar-refractivity contribution is 6.30. The van der Waals surface area contributed by atoms with E-state index in [9.17, 15) is 9.90 Å². The van der Waals surface area contributed by atoms with E-state index in [1.54, 1.807) is 35.2 Å². The SMILES string of the molecule is CC(O)(C(=O)N1CC(c2cc(CO)on2)C1)c1ccc(Cl)cc1. The molecule has 1 aliphatic heterocycles. The Kier molecular flexibility index (Phi) is 4.14.